The first-order chi connectivity index (χ1) is 9.75. The number of amides is 1. The van der Waals surface area contributed by atoms with E-state index in [2.05, 4.69) is 5.32 Å². The number of benzene rings is 1. The van der Waals surface area contributed by atoms with Gasteiger partial charge >= 0.3 is 0 Å². The molecule has 0 aromatic heterocycles. The number of sulfonamides is 1. The van der Waals surface area contributed by atoms with Crippen molar-refractivity contribution >= 4 is 28.3 Å². The summed E-state index contributed by atoms with van der Waals surface area (Å²) in [5.41, 5.74) is 6.36. The fourth-order valence-electron chi connectivity index (χ4n) is 2.06. The van der Waals surface area contributed by atoms with Gasteiger partial charge in [-0.1, -0.05) is 26.0 Å². The first-order valence-electron chi connectivity index (χ1n) is 6.87. The van der Waals surface area contributed by atoms with E-state index >= 15 is 0 Å². The Morgan fingerprint density at radius 3 is 2.05 bits per heavy atom. The van der Waals surface area contributed by atoms with Crippen molar-refractivity contribution in [3.63, 3.8) is 0 Å². The molecule has 1 rings (SSSR count). The molecule has 126 valence electrons. The number of carbonyl (C=O) groups excluding carboxylic acids is 1. The van der Waals surface area contributed by atoms with Crippen LogP contribution in [-0.2, 0) is 15.8 Å². The Morgan fingerprint density at radius 2 is 1.68 bits per heavy atom. The van der Waals surface area contributed by atoms with Gasteiger partial charge in [0.1, 0.15) is 0 Å². The van der Waals surface area contributed by atoms with Gasteiger partial charge in [0.05, 0.1) is 11.3 Å². The van der Waals surface area contributed by atoms with Crippen LogP contribution in [0.25, 0.3) is 0 Å². The highest BCUT2D eigenvalue weighted by Gasteiger charge is 2.26. The van der Waals surface area contributed by atoms with E-state index in [9.17, 15) is 13.2 Å². The zero-order valence-corrected chi connectivity index (χ0v) is 14.5. The third-order valence-corrected chi connectivity index (χ3v) is 4.44. The van der Waals surface area contributed by atoms with Gasteiger partial charge in [0.2, 0.25) is 10.0 Å². The standard InChI is InChI=1S/C14H23N3O3S.ClH/c1-3-14(4-2,10-15)17-13(18)12-7-5-11(6-8-12)9-21(16,19)20;/h5-8H,3-4,9-10,15H2,1-2H3,(H,17,18)(H2,16,19,20);1H. The Hall–Kier alpha value is -1.15. The highest BCUT2D eigenvalue weighted by Crippen LogP contribution is 2.15. The Morgan fingerprint density at radius 1 is 1.18 bits per heavy atom. The summed E-state index contributed by atoms with van der Waals surface area (Å²) in [4.78, 5) is 12.2. The minimum atomic E-state index is -3.57. The van der Waals surface area contributed by atoms with E-state index in [4.69, 9.17) is 10.9 Å². The number of primary sulfonamides is 1. The molecule has 0 heterocycles. The van der Waals surface area contributed by atoms with E-state index in [-0.39, 0.29) is 24.1 Å². The van der Waals surface area contributed by atoms with Gasteiger partial charge < -0.3 is 11.1 Å². The fraction of sp³-hybridized carbons (Fsp3) is 0.500. The van der Waals surface area contributed by atoms with Crippen LogP contribution in [0.15, 0.2) is 24.3 Å². The van der Waals surface area contributed by atoms with E-state index in [1.54, 1.807) is 24.3 Å². The SMILES string of the molecule is CCC(CC)(CN)NC(=O)c1ccc(CS(N)(=O)=O)cc1.Cl. The number of carbonyl (C=O) groups is 1. The monoisotopic (exact) mass is 349 g/mol. The van der Waals surface area contributed by atoms with Gasteiger partial charge in [0.15, 0.2) is 0 Å². The molecule has 0 fully saturated rings. The first kappa shape index (κ1) is 20.9. The molecule has 0 bridgehead atoms. The molecule has 0 unspecified atom stereocenters. The van der Waals surface area contributed by atoms with Crippen LogP contribution in [-0.4, -0.2) is 26.4 Å². The van der Waals surface area contributed by atoms with Crippen molar-refractivity contribution in [1.29, 1.82) is 0 Å². The predicted octanol–water partition coefficient (Wildman–Crippen LogP) is 1.14. The molecule has 0 saturated carbocycles. The Labute approximate surface area is 138 Å². The number of rotatable bonds is 7. The summed E-state index contributed by atoms with van der Waals surface area (Å²) in [6.07, 6.45) is 1.49. The molecule has 0 aliphatic carbocycles. The summed E-state index contributed by atoms with van der Waals surface area (Å²) in [5.74, 6) is -0.461. The van der Waals surface area contributed by atoms with Crippen LogP contribution in [0.2, 0.25) is 0 Å². The van der Waals surface area contributed by atoms with Gasteiger partial charge in [-0.2, -0.15) is 0 Å². The highest BCUT2D eigenvalue weighted by molar-refractivity contribution is 7.88. The quantitative estimate of drug-likeness (QED) is 0.684. The van der Waals surface area contributed by atoms with Crippen molar-refractivity contribution in [2.45, 2.75) is 38.0 Å². The van der Waals surface area contributed by atoms with Gasteiger partial charge in [0, 0.05) is 12.1 Å². The topological polar surface area (TPSA) is 115 Å². The van der Waals surface area contributed by atoms with Gasteiger partial charge in [0.25, 0.3) is 5.91 Å². The fourth-order valence-corrected chi connectivity index (χ4v) is 2.72. The van der Waals surface area contributed by atoms with Crippen LogP contribution >= 0.6 is 12.4 Å². The molecule has 0 aliphatic heterocycles. The lowest BCUT2D eigenvalue weighted by Crippen LogP contribution is -2.52. The number of hydrogen-bond donors (Lipinski definition) is 3. The molecule has 0 aliphatic rings. The summed E-state index contributed by atoms with van der Waals surface area (Å²) in [6.45, 7) is 4.33. The van der Waals surface area contributed by atoms with Gasteiger partial charge in [-0.25, -0.2) is 13.6 Å². The zero-order chi connectivity index (χ0) is 16.1. The molecule has 1 aromatic rings. The van der Waals surface area contributed by atoms with Crippen LogP contribution in [0.1, 0.15) is 42.6 Å². The second-order valence-corrected chi connectivity index (χ2v) is 6.76. The molecule has 0 saturated heterocycles. The molecule has 5 N–H and O–H groups in total. The predicted molar refractivity (Wildman–Crippen MR) is 90.3 cm³/mol. The molecule has 0 spiro atoms. The van der Waals surface area contributed by atoms with Gasteiger partial charge in [-0.05, 0) is 30.5 Å². The second kappa shape index (κ2) is 8.47. The van der Waals surface area contributed by atoms with Crippen molar-refractivity contribution in [3.8, 4) is 0 Å². The number of nitrogens with one attached hydrogen (secondary N) is 1. The summed E-state index contributed by atoms with van der Waals surface area (Å²) in [6, 6.07) is 6.34. The van der Waals surface area contributed by atoms with Crippen LogP contribution < -0.4 is 16.2 Å². The lowest BCUT2D eigenvalue weighted by atomic mass is 9.92. The highest BCUT2D eigenvalue weighted by atomic mass is 35.5. The van der Waals surface area contributed by atoms with Crippen LogP contribution in [0.4, 0.5) is 0 Å². The third-order valence-electron chi connectivity index (χ3n) is 3.71. The van der Waals surface area contributed by atoms with E-state index in [0.717, 1.165) is 12.8 Å². The van der Waals surface area contributed by atoms with Crippen molar-refractivity contribution in [1.82, 2.24) is 5.32 Å². The maximum Gasteiger partial charge on any atom is 0.251 e. The summed E-state index contributed by atoms with van der Waals surface area (Å²) in [7, 11) is -3.57. The third kappa shape index (κ3) is 5.92. The average Bonchev–Trinajstić information content (AvgIpc) is 2.44. The molecular formula is C14H24ClN3O3S. The van der Waals surface area contributed by atoms with Crippen molar-refractivity contribution in [2.24, 2.45) is 10.9 Å². The zero-order valence-electron chi connectivity index (χ0n) is 12.8. The molecule has 6 nitrogen and oxygen atoms in total. The van der Waals surface area contributed by atoms with E-state index in [1.165, 1.54) is 0 Å². The Balaban J connectivity index is 0.00000441. The summed E-state index contributed by atoms with van der Waals surface area (Å²) >= 11 is 0. The van der Waals surface area contributed by atoms with Crippen molar-refractivity contribution in [3.05, 3.63) is 35.4 Å². The normalized spacial score (nSPS) is 11.6. The first-order valence-corrected chi connectivity index (χ1v) is 8.59. The molecule has 0 radical (unpaired) electrons. The minimum Gasteiger partial charge on any atom is -0.345 e. The molecule has 1 amide bonds. The minimum absolute atomic E-state index is 0. The Kier molecular flexibility index (Phi) is 8.03. The van der Waals surface area contributed by atoms with E-state index in [0.29, 0.717) is 17.7 Å². The lowest BCUT2D eigenvalue weighted by Gasteiger charge is -2.31. The molecule has 22 heavy (non-hydrogen) atoms. The maximum absolute atomic E-state index is 12.2. The van der Waals surface area contributed by atoms with E-state index in [1.807, 2.05) is 13.8 Å². The van der Waals surface area contributed by atoms with Gasteiger partial charge in [-0.15, -0.1) is 12.4 Å². The number of hydrogen-bond acceptors (Lipinski definition) is 4. The summed E-state index contributed by atoms with van der Waals surface area (Å²) < 4.78 is 22.0. The average molecular weight is 350 g/mol. The summed E-state index contributed by atoms with van der Waals surface area (Å²) in [5, 5.41) is 7.94. The Bertz CT molecular complexity index is 576. The van der Waals surface area contributed by atoms with Crippen LogP contribution in [0, 0.1) is 0 Å². The van der Waals surface area contributed by atoms with Crippen molar-refractivity contribution in [2.75, 3.05) is 6.54 Å². The van der Waals surface area contributed by atoms with Crippen LogP contribution in [0.3, 0.4) is 0 Å². The smallest absolute Gasteiger partial charge is 0.251 e. The number of nitrogens with two attached hydrogens (primary N) is 2. The van der Waals surface area contributed by atoms with E-state index < -0.39 is 15.6 Å². The number of halogens is 1. The van der Waals surface area contributed by atoms with Crippen molar-refractivity contribution < 1.29 is 13.2 Å². The molecule has 1 aromatic carbocycles. The maximum atomic E-state index is 12.2. The molecular weight excluding hydrogens is 326 g/mol. The lowest BCUT2D eigenvalue weighted by molar-refractivity contribution is 0.0895. The second-order valence-electron chi connectivity index (χ2n) is 5.15. The molecule has 8 heteroatoms. The van der Waals surface area contributed by atoms with Crippen LogP contribution in [0.5, 0.6) is 0 Å². The largest absolute Gasteiger partial charge is 0.345 e. The molecule has 0 atom stereocenters. The van der Waals surface area contributed by atoms with Gasteiger partial charge in [-0.3, -0.25) is 4.79 Å².